The molecule has 1 fully saturated rings. The van der Waals surface area contributed by atoms with Crippen molar-refractivity contribution < 1.29 is 9.53 Å². The number of hydrogen-bond acceptors (Lipinski definition) is 4. The number of aliphatic imine (C=N–C) groups is 1. The molecule has 2 aromatic carbocycles. The minimum Gasteiger partial charge on any atom is -0.378 e. The molecule has 1 saturated heterocycles. The van der Waals surface area contributed by atoms with Gasteiger partial charge < -0.3 is 25.6 Å². The second-order valence-electron chi connectivity index (χ2n) is 7.42. The number of nitrogens with zero attached hydrogens (tertiary/aromatic N) is 2. The fourth-order valence-corrected chi connectivity index (χ4v) is 3.48. The van der Waals surface area contributed by atoms with Gasteiger partial charge in [-0.15, -0.1) is 0 Å². The zero-order valence-corrected chi connectivity index (χ0v) is 18.5. The van der Waals surface area contributed by atoms with Gasteiger partial charge in [0, 0.05) is 44.5 Å². The van der Waals surface area contributed by atoms with Crippen LogP contribution in [0.4, 0.5) is 5.69 Å². The van der Waals surface area contributed by atoms with E-state index in [1.165, 1.54) is 11.3 Å². The zero-order valence-electron chi connectivity index (χ0n) is 18.5. The fraction of sp³-hybridized carbons (Fsp3) is 0.417. The second-order valence-corrected chi connectivity index (χ2v) is 7.42. The van der Waals surface area contributed by atoms with Crippen molar-refractivity contribution in [1.82, 2.24) is 16.0 Å². The van der Waals surface area contributed by atoms with Crippen molar-refractivity contribution in [2.75, 3.05) is 51.3 Å². The van der Waals surface area contributed by atoms with Crippen molar-refractivity contribution in [2.24, 2.45) is 4.99 Å². The van der Waals surface area contributed by atoms with Crippen LogP contribution in [0.1, 0.15) is 28.4 Å². The molecule has 0 aliphatic carbocycles. The quantitative estimate of drug-likeness (QED) is 0.448. The Labute approximate surface area is 184 Å². The smallest absolute Gasteiger partial charge is 0.251 e. The van der Waals surface area contributed by atoms with Crippen molar-refractivity contribution in [3.05, 3.63) is 65.2 Å². The number of benzene rings is 2. The summed E-state index contributed by atoms with van der Waals surface area (Å²) >= 11 is 0. The highest BCUT2D eigenvalue weighted by atomic mass is 16.5. The molecule has 7 heteroatoms. The third-order valence-electron chi connectivity index (χ3n) is 5.20. The number of morpholine rings is 1. The van der Waals surface area contributed by atoms with E-state index in [0.29, 0.717) is 12.1 Å². The van der Waals surface area contributed by atoms with Gasteiger partial charge in [-0.25, -0.2) is 4.99 Å². The first-order valence-corrected chi connectivity index (χ1v) is 10.9. The lowest BCUT2D eigenvalue weighted by Gasteiger charge is -2.28. The standard InChI is InChI=1S/C24H33N5O2/c1-3-26-24(27-12-11-19-5-4-6-21(17-19)23(30)25-2)28-18-20-7-9-22(10-8-20)29-13-15-31-16-14-29/h4-10,17H,3,11-16,18H2,1-2H3,(H,25,30)(H2,26,27,28). The molecule has 1 aliphatic heterocycles. The number of carbonyl (C=O) groups excluding carboxylic acids is 1. The van der Waals surface area contributed by atoms with Crippen LogP contribution in [-0.2, 0) is 17.7 Å². The summed E-state index contributed by atoms with van der Waals surface area (Å²) in [6.07, 6.45) is 0.809. The minimum absolute atomic E-state index is 0.0654. The lowest BCUT2D eigenvalue weighted by atomic mass is 10.1. The van der Waals surface area contributed by atoms with Gasteiger partial charge in [-0.3, -0.25) is 4.79 Å². The van der Waals surface area contributed by atoms with E-state index in [1.807, 2.05) is 24.3 Å². The summed E-state index contributed by atoms with van der Waals surface area (Å²) in [6.45, 7) is 7.68. The van der Waals surface area contributed by atoms with Crippen LogP contribution in [0.3, 0.4) is 0 Å². The molecule has 31 heavy (non-hydrogen) atoms. The minimum atomic E-state index is -0.0654. The average molecular weight is 424 g/mol. The summed E-state index contributed by atoms with van der Waals surface area (Å²) in [6, 6.07) is 16.3. The van der Waals surface area contributed by atoms with Crippen LogP contribution >= 0.6 is 0 Å². The Hall–Kier alpha value is -3.06. The van der Waals surface area contributed by atoms with Crippen LogP contribution < -0.4 is 20.9 Å². The van der Waals surface area contributed by atoms with E-state index < -0.39 is 0 Å². The molecule has 7 nitrogen and oxygen atoms in total. The summed E-state index contributed by atoms with van der Waals surface area (Å²) < 4.78 is 5.42. The van der Waals surface area contributed by atoms with Crippen LogP contribution in [0.25, 0.3) is 0 Å². The Morgan fingerprint density at radius 3 is 2.55 bits per heavy atom. The summed E-state index contributed by atoms with van der Waals surface area (Å²) in [5.74, 6) is 0.728. The van der Waals surface area contributed by atoms with Gasteiger partial charge in [-0.05, 0) is 48.7 Å². The SMILES string of the molecule is CCNC(=NCc1ccc(N2CCOCC2)cc1)NCCc1cccc(C(=O)NC)c1. The molecule has 0 spiro atoms. The molecule has 0 radical (unpaired) electrons. The molecule has 0 atom stereocenters. The van der Waals surface area contributed by atoms with Crippen molar-refractivity contribution in [3.8, 4) is 0 Å². The van der Waals surface area contributed by atoms with Crippen molar-refractivity contribution in [2.45, 2.75) is 19.9 Å². The van der Waals surface area contributed by atoms with E-state index in [-0.39, 0.29) is 5.91 Å². The molecule has 1 amide bonds. The molecule has 3 rings (SSSR count). The van der Waals surface area contributed by atoms with Gasteiger partial charge in [0.05, 0.1) is 19.8 Å². The topological polar surface area (TPSA) is 78.0 Å². The Kier molecular flexibility index (Phi) is 8.72. The van der Waals surface area contributed by atoms with E-state index in [1.54, 1.807) is 7.05 Å². The van der Waals surface area contributed by atoms with Crippen molar-refractivity contribution in [3.63, 3.8) is 0 Å². The molecule has 166 valence electrons. The zero-order chi connectivity index (χ0) is 21.9. The van der Waals surface area contributed by atoms with Gasteiger partial charge >= 0.3 is 0 Å². The maximum atomic E-state index is 11.8. The maximum absolute atomic E-state index is 11.8. The van der Waals surface area contributed by atoms with Crippen LogP contribution in [0.5, 0.6) is 0 Å². The van der Waals surface area contributed by atoms with Crippen LogP contribution in [0, 0.1) is 0 Å². The average Bonchev–Trinajstić information content (AvgIpc) is 2.83. The Bertz CT molecular complexity index is 861. The Morgan fingerprint density at radius 1 is 1.06 bits per heavy atom. The van der Waals surface area contributed by atoms with Crippen molar-refractivity contribution in [1.29, 1.82) is 0 Å². The first-order valence-electron chi connectivity index (χ1n) is 10.9. The number of ether oxygens (including phenoxy) is 1. The first kappa shape index (κ1) is 22.6. The third-order valence-corrected chi connectivity index (χ3v) is 5.20. The van der Waals surface area contributed by atoms with Crippen LogP contribution in [0.2, 0.25) is 0 Å². The number of nitrogens with one attached hydrogen (secondary N) is 3. The normalized spacial score (nSPS) is 14.3. The highest BCUT2D eigenvalue weighted by Gasteiger charge is 2.10. The van der Waals surface area contributed by atoms with Crippen LogP contribution in [-0.4, -0.2) is 58.3 Å². The Morgan fingerprint density at radius 2 is 1.84 bits per heavy atom. The maximum Gasteiger partial charge on any atom is 0.251 e. The van der Waals surface area contributed by atoms with Gasteiger partial charge in [0.2, 0.25) is 0 Å². The second kappa shape index (κ2) is 12.0. The monoisotopic (exact) mass is 423 g/mol. The molecule has 0 unspecified atom stereocenters. The largest absolute Gasteiger partial charge is 0.378 e. The van der Waals surface area contributed by atoms with E-state index >= 15 is 0 Å². The molecule has 1 heterocycles. The first-order chi connectivity index (χ1) is 15.2. The number of rotatable bonds is 8. The van der Waals surface area contributed by atoms with Gasteiger partial charge in [-0.2, -0.15) is 0 Å². The Balaban J connectivity index is 1.52. The molecule has 0 aromatic heterocycles. The molecule has 0 saturated carbocycles. The fourth-order valence-electron chi connectivity index (χ4n) is 3.48. The molecular weight excluding hydrogens is 390 g/mol. The molecule has 0 bridgehead atoms. The van der Waals surface area contributed by atoms with E-state index in [0.717, 1.165) is 57.3 Å². The third kappa shape index (κ3) is 7.00. The lowest BCUT2D eigenvalue weighted by Crippen LogP contribution is -2.38. The van der Waals surface area contributed by atoms with E-state index in [9.17, 15) is 4.79 Å². The molecule has 1 aliphatic rings. The number of hydrogen-bond donors (Lipinski definition) is 3. The van der Waals surface area contributed by atoms with Gasteiger partial charge in [0.1, 0.15) is 0 Å². The van der Waals surface area contributed by atoms with E-state index in [2.05, 4.69) is 52.0 Å². The predicted molar refractivity (Wildman–Crippen MR) is 126 cm³/mol. The highest BCUT2D eigenvalue weighted by molar-refractivity contribution is 5.94. The number of guanidine groups is 1. The lowest BCUT2D eigenvalue weighted by molar-refractivity contribution is 0.0963. The summed E-state index contributed by atoms with van der Waals surface area (Å²) in [5, 5.41) is 9.34. The number of carbonyl (C=O) groups is 1. The van der Waals surface area contributed by atoms with Gasteiger partial charge in [-0.1, -0.05) is 24.3 Å². The number of amides is 1. The van der Waals surface area contributed by atoms with Gasteiger partial charge in [0.15, 0.2) is 5.96 Å². The van der Waals surface area contributed by atoms with Gasteiger partial charge in [0.25, 0.3) is 5.91 Å². The summed E-state index contributed by atoms with van der Waals surface area (Å²) in [7, 11) is 1.64. The molecule has 2 aromatic rings. The van der Waals surface area contributed by atoms with Crippen LogP contribution in [0.15, 0.2) is 53.5 Å². The predicted octanol–water partition coefficient (Wildman–Crippen LogP) is 2.18. The molecular formula is C24H33N5O2. The number of anilines is 1. The molecule has 3 N–H and O–H groups in total. The highest BCUT2D eigenvalue weighted by Crippen LogP contribution is 2.17. The summed E-state index contributed by atoms with van der Waals surface area (Å²) in [5.41, 5.74) is 4.21. The summed E-state index contributed by atoms with van der Waals surface area (Å²) in [4.78, 5) is 18.9. The van der Waals surface area contributed by atoms with E-state index in [4.69, 9.17) is 9.73 Å². The van der Waals surface area contributed by atoms with Crippen molar-refractivity contribution >= 4 is 17.6 Å².